The zero-order valence-electron chi connectivity index (χ0n) is 7.98. The molecule has 0 amide bonds. The number of esters is 2. The lowest BCUT2D eigenvalue weighted by Gasteiger charge is -2.07. The molecule has 0 unspecified atom stereocenters. The minimum absolute atomic E-state index is 0.360. The summed E-state index contributed by atoms with van der Waals surface area (Å²) in [7, 11) is 0. The van der Waals surface area contributed by atoms with Gasteiger partial charge in [0.1, 0.15) is 18.0 Å². The molecule has 0 spiro atoms. The fraction of sp³-hybridized carbons (Fsp3) is 0.300. The Labute approximate surface area is 86.7 Å². The van der Waals surface area contributed by atoms with Crippen molar-refractivity contribution in [2.45, 2.75) is 13.3 Å². The van der Waals surface area contributed by atoms with Crippen LogP contribution in [0.2, 0.25) is 0 Å². The molecular weight excluding hydrogens is 200 g/mol. The first-order valence-corrected chi connectivity index (χ1v) is 3.85. The van der Waals surface area contributed by atoms with Gasteiger partial charge in [0.25, 0.3) is 0 Å². The Bertz CT molecular complexity index is 327. The van der Waals surface area contributed by atoms with Crippen molar-refractivity contribution in [3.63, 3.8) is 0 Å². The molecule has 0 saturated heterocycles. The summed E-state index contributed by atoms with van der Waals surface area (Å²) in [6.45, 7) is 1.21. The Kier molecular flexibility index (Phi) is 5.28. The van der Waals surface area contributed by atoms with Crippen LogP contribution < -0.4 is 0 Å². The third kappa shape index (κ3) is 4.49. The number of rotatable bonds is 4. The highest BCUT2D eigenvalue weighted by atomic mass is 16.5. The Morgan fingerprint density at radius 1 is 1.13 bits per heavy atom. The molecule has 5 nitrogen and oxygen atoms in total. The molecule has 15 heavy (non-hydrogen) atoms. The third-order valence-corrected chi connectivity index (χ3v) is 1.38. The molecular formula is C10H8O5. The van der Waals surface area contributed by atoms with E-state index in [-0.39, 0.29) is 12.2 Å². The molecule has 78 valence electrons. The van der Waals surface area contributed by atoms with Gasteiger partial charge in [0.2, 0.25) is 0 Å². The minimum Gasteiger partial charge on any atom is -0.372 e. The second kappa shape index (κ2) is 6.22. The Morgan fingerprint density at radius 2 is 1.53 bits per heavy atom. The van der Waals surface area contributed by atoms with E-state index in [1.54, 1.807) is 12.2 Å². The van der Waals surface area contributed by atoms with Crippen LogP contribution in [-0.2, 0) is 23.9 Å². The van der Waals surface area contributed by atoms with E-state index in [0.717, 1.165) is 0 Å². The fourth-order valence-electron chi connectivity index (χ4n) is 0.809. The molecule has 5 heteroatoms. The summed E-state index contributed by atoms with van der Waals surface area (Å²) in [4.78, 5) is 33.0. The Morgan fingerprint density at radius 3 is 1.80 bits per heavy atom. The van der Waals surface area contributed by atoms with Crippen molar-refractivity contribution in [2.75, 3.05) is 0 Å². The van der Waals surface area contributed by atoms with Crippen molar-refractivity contribution in [1.29, 1.82) is 0 Å². The molecule has 0 atom stereocenters. The SMILES string of the molecule is C#COC(=O)C(CC(C)=O)C(=O)OC#C. The van der Waals surface area contributed by atoms with Crippen LogP contribution in [0.25, 0.3) is 0 Å². The van der Waals surface area contributed by atoms with Crippen LogP contribution in [0.15, 0.2) is 0 Å². The van der Waals surface area contributed by atoms with Gasteiger partial charge in [-0.2, -0.15) is 0 Å². The van der Waals surface area contributed by atoms with Crippen molar-refractivity contribution >= 4 is 17.7 Å². The molecule has 0 N–H and O–H groups in total. The quantitative estimate of drug-likeness (QED) is 0.365. The van der Waals surface area contributed by atoms with Crippen LogP contribution in [0.4, 0.5) is 0 Å². The van der Waals surface area contributed by atoms with Gasteiger partial charge in [-0.25, -0.2) is 9.59 Å². The molecule has 0 heterocycles. The summed E-state index contributed by atoms with van der Waals surface area (Å²) >= 11 is 0. The lowest BCUT2D eigenvalue weighted by Crippen LogP contribution is -2.28. The summed E-state index contributed by atoms with van der Waals surface area (Å²) in [6.07, 6.45) is 12.2. The number of Topliss-reactive ketones (excluding diaryl/α,β-unsaturated/α-hetero) is 1. The summed E-state index contributed by atoms with van der Waals surface area (Å²) in [5, 5.41) is 0. The highest BCUT2D eigenvalue weighted by molar-refractivity contribution is 5.99. The second-order valence-corrected chi connectivity index (χ2v) is 2.54. The first kappa shape index (κ1) is 12.7. The predicted molar refractivity (Wildman–Crippen MR) is 48.6 cm³/mol. The minimum atomic E-state index is -1.41. The first-order valence-electron chi connectivity index (χ1n) is 3.85. The van der Waals surface area contributed by atoms with Crippen molar-refractivity contribution in [3.8, 4) is 25.1 Å². The van der Waals surface area contributed by atoms with Gasteiger partial charge in [0.15, 0.2) is 5.92 Å². The van der Waals surface area contributed by atoms with Gasteiger partial charge in [-0.3, -0.25) is 4.79 Å². The van der Waals surface area contributed by atoms with E-state index < -0.39 is 17.9 Å². The van der Waals surface area contributed by atoms with Gasteiger partial charge in [0, 0.05) is 6.42 Å². The maximum absolute atomic E-state index is 11.1. The zero-order chi connectivity index (χ0) is 11.8. The third-order valence-electron chi connectivity index (χ3n) is 1.38. The second-order valence-electron chi connectivity index (χ2n) is 2.54. The summed E-state index contributed by atoms with van der Waals surface area (Å²) in [6, 6.07) is 0. The van der Waals surface area contributed by atoms with E-state index in [9.17, 15) is 14.4 Å². The Balaban J connectivity index is 4.67. The molecule has 0 saturated carbocycles. The molecule has 0 aliphatic heterocycles. The van der Waals surface area contributed by atoms with E-state index in [4.69, 9.17) is 12.8 Å². The number of carbonyl (C=O) groups is 3. The lowest BCUT2D eigenvalue weighted by atomic mass is 10.0. The van der Waals surface area contributed by atoms with Crippen molar-refractivity contribution in [1.82, 2.24) is 0 Å². The van der Waals surface area contributed by atoms with E-state index >= 15 is 0 Å². The molecule has 0 aliphatic rings. The largest absolute Gasteiger partial charge is 0.372 e. The molecule has 0 aromatic heterocycles. The molecule has 0 rings (SSSR count). The average molecular weight is 208 g/mol. The van der Waals surface area contributed by atoms with Crippen LogP contribution >= 0.6 is 0 Å². The highest BCUT2D eigenvalue weighted by Crippen LogP contribution is 2.09. The highest BCUT2D eigenvalue weighted by Gasteiger charge is 2.31. The van der Waals surface area contributed by atoms with Crippen molar-refractivity contribution in [2.24, 2.45) is 5.92 Å². The molecule has 0 fully saturated rings. The average Bonchev–Trinajstić information content (AvgIpc) is 2.14. The van der Waals surface area contributed by atoms with Crippen molar-refractivity contribution in [3.05, 3.63) is 0 Å². The van der Waals surface area contributed by atoms with Gasteiger partial charge in [-0.1, -0.05) is 12.8 Å². The maximum Gasteiger partial charge on any atom is 0.334 e. The van der Waals surface area contributed by atoms with Crippen LogP contribution in [-0.4, -0.2) is 17.7 Å². The van der Waals surface area contributed by atoms with Gasteiger partial charge in [-0.05, 0) is 6.92 Å². The smallest absolute Gasteiger partial charge is 0.334 e. The number of terminal acetylenes is 2. The molecule has 0 bridgehead atoms. The van der Waals surface area contributed by atoms with Gasteiger partial charge in [-0.15, -0.1) is 0 Å². The van der Waals surface area contributed by atoms with E-state index in [1.165, 1.54) is 6.92 Å². The zero-order valence-corrected chi connectivity index (χ0v) is 7.98. The number of ether oxygens (including phenoxy) is 2. The topological polar surface area (TPSA) is 69.7 Å². The van der Waals surface area contributed by atoms with Gasteiger partial charge >= 0.3 is 11.9 Å². The normalized spacial score (nSPS) is 8.53. The maximum atomic E-state index is 11.1. The fourth-order valence-corrected chi connectivity index (χ4v) is 0.809. The molecule has 0 aromatic carbocycles. The van der Waals surface area contributed by atoms with Gasteiger partial charge in [0.05, 0.1) is 0 Å². The summed E-state index contributed by atoms with van der Waals surface area (Å²) < 4.78 is 8.28. The Hall–Kier alpha value is -2.27. The molecule has 0 aliphatic carbocycles. The lowest BCUT2D eigenvalue weighted by molar-refractivity contribution is -0.155. The molecule has 0 aromatic rings. The van der Waals surface area contributed by atoms with E-state index in [0.29, 0.717) is 0 Å². The molecule has 0 radical (unpaired) electrons. The first-order chi connectivity index (χ1) is 7.02. The van der Waals surface area contributed by atoms with Crippen LogP contribution in [0.1, 0.15) is 13.3 Å². The summed E-state index contributed by atoms with van der Waals surface area (Å²) in [5.41, 5.74) is 0. The predicted octanol–water partition coefficient (Wildman–Crippen LogP) is -0.151. The standard InChI is InChI=1S/C10H8O5/c1-4-14-9(12)8(6-7(3)11)10(13)15-5-2/h1-2,8H,6H2,3H3. The summed E-state index contributed by atoms with van der Waals surface area (Å²) in [5.74, 6) is -3.86. The number of ketones is 1. The monoisotopic (exact) mass is 208 g/mol. The number of hydrogen-bond acceptors (Lipinski definition) is 5. The number of hydrogen-bond donors (Lipinski definition) is 0. The van der Waals surface area contributed by atoms with E-state index in [1.807, 2.05) is 0 Å². The van der Waals surface area contributed by atoms with Crippen LogP contribution in [0, 0.1) is 31.0 Å². The van der Waals surface area contributed by atoms with Crippen LogP contribution in [0.3, 0.4) is 0 Å². The number of carbonyl (C=O) groups excluding carboxylic acids is 3. The van der Waals surface area contributed by atoms with Crippen LogP contribution in [0.5, 0.6) is 0 Å². The van der Waals surface area contributed by atoms with Crippen molar-refractivity contribution < 1.29 is 23.9 Å². The van der Waals surface area contributed by atoms with Gasteiger partial charge < -0.3 is 9.47 Å². The van der Waals surface area contributed by atoms with E-state index in [2.05, 4.69) is 9.47 Å².